The van der Waals surface area contributed by atoms with Crippen LogP contribution in [-0.2, 0) is 6.18 Å². The van der Waals surface area contributed by atoms with Gasteiger partial charge in [0.05, 0.1) is 21.1 Å². The zero-order valence-corrected chi connectivity index (χ0v) is 10.1. The van der Waals surface area contributed by atoms with Gasteiger partial charge in [-0.1, -0.05) is 12.1 Å². The number of rotatable bonds is 1. The molecule has 0 unspecified atom stereocenters. The van der Waals surface area contributed by atoms with Crippen LogP contribution < -0.4 is 0 Å². The van der Waals surface area contributed by atoms with Crippen LogP contribution in [0.2, 0.25) is 0 Å². The normalized spacial score (nSPS) is 11.8. The molecule has 0 saturated heterocycles. The summed E-state index contributed by atoms with van der Waals surface area (Å²) in [4.78, 5) is 5.18. The number of alkyl halides is 3. The van der Waals surface area contributed by atoms with E-state index in [4.69, 9.17) is 0 Å². The molecule has 1 heterocycles. The van der Waals surface area contributed by atoms with E-state index in [0.717, 1.165) is 33.3 Å². The molecule has 90 valence electrons. The second kappa shape index (κ2) is 4.14. The zero-order valence-electron chi connectivity index (χ0n) is 9.30. The summed E-state index contributed by atoms with van der Waals surface area (Å²) < 4.78 is 37.2. The van der Waals surface area contributed by atoms with Gasteiger partial charge in [0.1, 0.15) is 0 Å². The second-order valence-electron chi connectivity index (χ2n) is 3.72. The first-order valence-corrected chi connectivity index (χ1v) is 5.81. The van der Waals surface area contributed by atoms with Gasteiger partial charge >= 0.3 is 6.18 Å². The van der Waals surface area contributed by atoms with Crippen molar-refractivity contribution in [3.8, 4) is 10.4 Å². The molecule has 0 aliphatic rings. The minimum atomic E-state index is -4.28. The van der Waals surface area contributed by atoms with Gasteiger partial charge < -0.3 is 0 Å². The molecule has 0 fully saturated rings. The molecule has 17 heavy (non-hydrogen) atoms. The van der Waals surface area contributed by atoms with E-state index in [-0.39, 0.29) is 0 Å². The lowest BCUT2D eigenvalue weighted by atomic mass is 10.1. The Morgan fingerprint density at radius 1 is 1.06 bits per heavy atom. The van der Waals surface area contributed by atoms with Crippen LogP contribution in [0.1, 0.15) is 16.3 Å². The molecule has 0 aliphatic carbocycles. The average Bonchev–Trinajstić information content (AvgIpc) is 2.57. The minimum absolute atomic E-state index is 0.625. The summed E-state index contributed by atoms with van der Waals surface area (Å²) in [6.07, 6.45) is -4.28. The van der Waals surface area contributed by atoms with Crippen LogP contribution in [0, 0.1) is 13.8 Å². The van der Waals surface area contributed by atoms with Crippen LogP contribution >= 0.6 is 11.3 Å². The molecule has 0 bridgehead atoms. The second-order valence-corrected chi connectivity index (χ2v) is 4.93. The Bertz CT molecular complexity index is 526. The van der Waals surface area contributed by atoms with Gasteiger partial charge in [-0.3, -0.25) is 0 Å². The van der Waals surface area contributed by atoms with Crippen molar-refractivity contribution in [1.82, 2.24) is 4.98 Å². The first kappa shape index (κ1) is 12.1. The summed E-state index contributed by atoms with van der Waals surface area (Å²) >= 11 is 1.49. The largest absolute Gasteiger partial charge is 0.416 e. The predicted molar refractivity (Wildman–Crippen MR) is 62.0 cm³/mol. The summed E-state index contributed by atoms with van der Waals surface area (Å²) in [5, 5.41) is 0.914. The van der Waals surface area contributed by atoms with Crippen molar-refractivity contribution in [1.29, 1.82) is 0 Å². The molecule has 5 heteroatoms. The number of benzene rings is 1. The fourth-order valence-corrected chi connectivity index (χ4v) is 2.53. The van der Waals surface area contributed by atoms with Gasteiger partial charge in [-0.15, -0.1) is 11.3 Å². The molecule has 2 aromatic rings. The molecular weight excluding hydrogens is 247 g/mol. The highest BCUT2D eigenvalue weighted by molar-refractivity contribution is 7.15. The number of thiazole rings is 1. The number of nitrogens with zero attached hydrogens (tertiary/aromatic N) is 1. The van der Waals surface area contributed by atoms with E-state index in [9.17, 15) is 13.2 Å². The summed E-state index contributed by atoms with van der Waals surface area (Å²) in [5.74, 6) is 0. The molecule has 2 rings (SSSR count). The third kappa shape index (κ3) is 2.49. The van der Waals surface area contributed by atoms with Crippen LogP contribution in [0.3, 0.4) is 0 Å². The maximum absolute atomic E-state index is 12.4. The molecule has 1 nitrogen and oxygen atoms in total. The molecular formula is C12H10F3NS. The zero-order chi connectivity index (χ0) is 12.6. The molecule has 1 aromatic carbocycles. The highest BCUT2D eigenvalue weighted by Crippen LogP contribution is 2.33. The minimum Gasteiger partial charge on any atom is -0.246 e. The van der Waals surface area contributed by atoms with Crippen molar-refractivity contribution >= 4 is 11.3 Å². The first-order chi connectivity index (χ1) is 7.88. The molecule has 0 amide bonds. The lowest BCUT2D eigenvalue weighted by Crippen LogP contribution is -2.03. The van der Waals surface area contributed by atoms with Crippen molar-refractivity contribution in [2.75, 3.05) is 0 Å². The molecule has 0 radical (unpaired) electrons. The Morgan fingerprint density at radius 3 is 2.06 bits per heavy atom. The Kier molecular flexibility index (Phi) is 2.95. The van der Waals surface area contributed by atoms with E-state index in [1.807, 2.05) is 13.8 Å². The number of halogens is 3. The van der Waals surface area contributed by atoms with Gasteiger partial charge in [-0.05, 0) is 31.5 Å². The lowest BCUT2D eigenvalue weighted by molar-refractivity contribution is -0.137. The van der Waals surface area contributed by atoms with Gasteiger partial charge in [0.2, 0.25) is 0 Å². The highest BCUT2D eigenvalue weighted by Gasteiger charge is 2.30. The number of aryl methyl sites for hydroxylation is 2. The van der Waals surface area contributed by atoms with Gasteiger partial charge in [0.15, 0.2) is 0 Å². The Labute approximate surface area is 101 Å². The van der Waals surface area contributed by atoms with Crippen molar-refractivity contribution < 1.29 is 13.2 Å². The molecule has 1 aromatic heterocycles. The molecule has 0 saturated carbocycles. The van der Waals surface area contributed by atoms with Gasteiger partial charge in [-0.2, -0.15) is 13.2 Å². The summed E-state index contributed by atoms with van der Waals surface area (Å²) in [6.45, 7) is 3.74. The number of aromatic nitrogens is 1. The Hall–Kier alpha value is -1.36. The van der Waals surface area contributed by atoms with E-state index in [0.29, 0.717) is 0 Å². The number of hydrogen-bond acceptors (Lipinski definition) is 2. The summed E-state index contributed by atoms with van der Waals surface area (Å²) in [7, 11) is 0. The van der Waals surface area contributed by atoms with Crippen LogP contribution in [-0.4, -0.2) is 4.98 Å². The SMILES string of the molecule is Cc1nc(C)c(-c2ccc(C(F)(F)F)cc2)s1. The van der Waals surface area contributed by atoms with Crippen molar-refractivity contribution in [2.24, 2.45) is 0 Å². The Morgan fingerprint density at radius 2 is 1.65 bits per heavy atom. The van der Waals surface area contributed by atoms with Gasteiger partial charge in [-0.25, -0.2) is 4.98 Å². The third-order valence-corrected chi connectivity index (χ3v) is 3.50. The Balaban J connectivity index is 2.39. The van der Waals surface area contributed by atoms with E-state index in [1.54, 1.807) is 0 Å². The predicted octanol–water partition coefficient (Wildman–Crippen LogP) is 4.45. The van der Waals surface area contributed by atoms with Crippen LogP contribution in [0.5, 0.6) is 0 Å². The third-order valence-electron chi connectivity index (χ3n) is 2.38. The number of hydrogen-bond donors (Lipinski definition) is 0. The fourth-order valence-electron chi connectivity index (χ4n) is 1.61. The van der Waals surface area contributed by atoms with E-state index >= 15 is 0 Å². The quantitative estimate of drug-likeness (QED) is 0.735. The topological polar surface area (TPSA) is 12.9 Å². The highest BCUT2D eigenvalue weighted by atomic mass is 32.1. The van der Waals surface area contributed by atoms with Gasteiger partial charge in [0, 0.05) is 0 Å². The monoisotopic (exact) mass is 257 g/mol. The fraction of sp³-hybridized carbons (Fsp3) is 0.250. The first-order valence-electron chi connectivity index (χ1n) is 4.99. The average molecular weight is 257 g/mol. The summed E-state index contributed by atoms with van der Waals surface area (Å²) in [5.41, 5.74) is 1.01. The molecule has 0 aliphatic heterocycles. The molecule has 0 atom stereocenters. The van der Waals surface area contributed by atoms with Crippen LogP contribution in [0.25, 0.3) is 10.4 Å². The van der Waals surface area contributed by atoms with Crippen molar-refractivity contribution in [3.05, 3.63) is 40.5 Å². The van der Waals surface area contributed by atoms with Crippen molar-refractivity contribution in [3.63, 3.8) is 0 Å². The summed E-state index contributed by atoms with van der Waals surface area (Å²) in [6, 6.07) is 5.18. The van der Waals surface area contributed by atoms with E-state index < -0.39 is 11.7 Å². The van der Waals surface area contributed by atoms with Crippen LogP contribution in [0.15, 0.2) is 24.3 Å². The van der Waals surface area contributed by atoms with E-state index in [2.05, 4.69) is 4.98 Å². The van der Waals surface area contributed by atoms with Crippen molar-refractivity contribution in [2.45, 2.75) is 20.0 Å². The molecule has 0 N–H and O–H groups in total. The maximum atomic E-state index is 12.4. The van der Waals surface area contributed by atoms with Gasteiger partial charge in [0.25, 0.3) is 0 Å². The standard InChI is InChI=1S/C12H10F3NS/c1-7-11(17-8(2)16-7)9-3-5-10(6-4-9)12(13,14)15/h3-6H,1-2H3. The molecule has 0 spiro atoms. The van der Waals surface area contributed by atoms with Crippen LogP contribution in [0.4, 0.5) is 13.2 Å². The maximum Gasteiger partial charge on any atom is 0.416 e. The smallest absolute Gasteiger partial charge is 0.246 e. The van der Waals surface area contributed by atoms with E-state index in [1.165, 1.54) is 23.5 Å². The lowest BCUT2D eigenvalue weighted by Gasteiger charge is -2.06.